The van der Waals surface area contributed by atoms with E-state index in [9.17, 15) is 0 Å². The molecular formula is C15H21N3O. The summed E-state index contributed by atoms with van der Waals surface area (Å²) in [6, 6.07) is 10.2. The molecule has 0 aliphatic heterocycles. The van der Waals surface area contributed by atoms with Gasteiger partial charge in [-0.3, -0.25) is 4.68 Å². The molecule has 0 spiro atoms. The quantitative estimate of drug-likeness (QED) is 0.866. The van der Waals surface area contributed by atoms with Gasteiger partial charge in [-0.2, -0.15) is 5.10 Å². The van der Waals surface area contributed by atoms with Gasteiger partial charge in [0, 0.05) is 18.3 Å². The lowest BCUT2D eigenvalue weighted by molar-refractivity contribution is 0.403. The second kappa shape index (κ2) is 6.38. The minimum atomic E-state index is 0.0881. The fraction of sp³-hybridized carbons (Fsp3) is 0.400. The van der Waals surface area contributed by atoms with E-state index in [4.69, 9.17) is 4.74 Å². The van der Waals surface area contributed by atoms with Crippen LogP contribution < -0.4 is 10.1 Å². The largest absolute Gasteiger partial charge is 0.496 e. The van der Waals surface area contributed by atoms with Gasteiger partial charge >= 0.3 is 0 Å². The molecule has 1 aromatic carbocycles. The minimum Gasteiger partial charge on any atom is -0.496 e. The van der Waals surface area contributed by atoms with Gasteiger partial charge < -0.3 is 10.1 Å². The van der Waals surface area contributed by atoms with Crippen LogP contribution in [0.15, 0.2) is 36.5 Å². The highest BCUT2D eigenvalue weighted by Gasteiger charge is 2.19. The molecule has 0 aliphatic carbocycles. The van der Waals surface area contributed by atoms with E-state index in [2.05, 4.69) is 29.5 Å². The molecule has 0 bridgehead atoms. The topological polar surface area (TPSA) is 39.1 Å². The number of rotatable bonds is 6. The molecule has 1 aromatic heterocycles. The van der Waals surface area contributed by atoms with Crippen LogP contribution in [0.1, 0.15) is 30.6 Å². The molecule has 1 atom stereocenters. The molecule has 0 saturated heterocycles. The van der Waals surface area contributed by atoms with Crippen molar-refractivity contribution >= 4 is 0 Å². The van der Waals surface area contributed by atoms with Crippen LogP contribution in [0, 0.1) is 0 Å². The molecule has 19 heavy (non-hydrogen) atoms. The SMILES string of the molecule is CCCn1nccc1C(NC)c1ccccc1OC. The first kappa shape index (κ1) is 13.6. The Bertz CT molecular complexity index is 522. The van der Waals surface area contributed by atoms with E-state index in [-0.39, 0.29) is 6.04 Å². The fourth-order valence-corrected chi connectivity index (χ4v) is 2.35. The van der Waals surface area contributed by atoms with Gasteiger partial charge in [0.1, 0.15) is 5.75 Å². The summed E-state index contributed by atoms with van der Waals surface area (Å²) < 4.78 is 7.51. The Balaban J connectivity index is 2.41. The van der Waals surface area contributed by atoms with E-state index in [1.807, 2.05) is 36.1 Å². The van der Waals surface area contributed by atoms with Crippen molar-refractivity contribution in [3.63, 3.8) is 0 Å². The predicted molar refractivity (Wildman–Crippen MR) is 76.4 cm³/mol. The van der Waals surface area contributed by atoms with Crippen molar-refractivity contribution in [2.24, 2.45) is 0 Å². The molecule has 4 nitrogen and oxygen atoms in total. The lowest BCUT2D eigenvalue weighted by atomic mass is 10.0. The highest BCUT2D eigenvalue weighted by molar-refractivity contribution is 5.39. The first-order valence-electron chi connectivity index (χ1n) is 6.63. The van der Waals surface area contributed by atoms with Gasteiger partial charge in [-0.15, -0.1) is 0 Å². The molecule has 102 valence electrons. The molecule has 0 radical (unpaired) electrons. The molecular weight excluding hydrogens is 238 g/mol. The number of aryl methyl sites for hydroxylation is 1. The molecule has 0 saturated carbocycles. The molecule has 4 heteroatoms. The monoisotopic (exact) mass is 259 g/mol. The molecule has 2 rings (SSSR count). The maximum Gasteiger partial charge on any atom is 0.124 e. The average molecular weight is 259 g/mol. The van der Waals surface area contributed by atoms with Crippen LogP contribution in [0.2, 0.25) is 0 Å². The number of para-hydroxylation sites is 1. The maximum atomic E-state index is 5.46. The van der Waals surface area contributed by atoms with E-state index in [0.717, 1.165) is 30.0 Å². The van der Waals surface area contributed by atoms with E-state index in [1.54, 1.807) is 7.11 Å². The Morgan fingerprint density at radius 3 is 2.79 bits per heavy atom. The van der Waals surface area contributed by atoms with Crippen LogP contribution in [-0.2, 0) is 6.54 Å². The molecule has 0 amide bonds. The van der Waals surface area contributed by atoms with Crippen molar-refractivity contribution in [1.82, 2.24) is 15.1 Å². The van der Waals surface area contributed by atoms with Gasteiger partial charge in [0.15, 0.2) is 0 Å². The van der Waals surface area contributed by atoms with Crippen molar-refractivity contribution in [2.75, 3.05) is 14.2 Å². The third-order valence-corrected chi connectivity index (χ3v) is 3.22. The minimum absolute atomic E-state index is 0.0881. The normalized spacial score (nSPS) is 12.4. The summed E-state index contributed by atoms with van der Waals surface area (Å²) in [5.41, 5.74) is 2.29. The third kappa shape index (κ3) is 2.79. The zero-order valence-electron chi connectivity index (χ0n) is 11.8. The Morgan fingerprint density at radius 1 is 1.32 bits per heavy atom. The second-order valence-electron chi connectivity index (χ2n) is 4.44. The maximum absolute atomic E-state index is 5.46. The summed E-state index contributed by atoms with van der Waals surface area (Å²) in [6.45, 7) is 3.08. The van der Waals surface area contributed by atoms with Gasteiger partial charge in [0.2, 0.25) is 0 Å². The first-order valence-corrected chi connectivity index (χ1v) is 6.63. The van der Waals surface area contributed by atoms with E-state index in [0.29, 0.717) is 0 Å². The summed E-state index contributed by atoms with van der Waals surface area (Å²) >= 11 is 0. The van der Waals surface area contributed by atoms with Crippen molar-refractivity contribution in [3.8, 4) is 5.75 Å². The van der Waals surface area contributed by atoms with Crippen LogP contribution in [0.25, 0.3) is 0 Å². The summed E-state index contributed by atoms with van der Waals surface area (Å²) in [7, 11) is 3.66. The first-order chi connectivity index (χ1) is 9.31. The van der Waals surface area contributed by atoms with Crippen LogP contribution in [-0.4, -0.2) is 23.9 Å². The number of hydrogen-bond acceptors (Lipinski definition) is 3. The molecule has 0 aliphatic rings. The summed E-state index contributed by atoms with van der Waals surface area (Å²) in [5, 5.41) is 7.75. The van der Waals surface area contributed by atoms with Gasteiger partial charge in [-0.25, -0.2) is 0 Å². The lowest BCUT2D eigenvalue weighted by Gasteiger charge is -2.20. The van der Waals surface area contributed by atoms with Crippen molar-refractivity contribution < 1.29 is 4.74 Å². The Labute approximate surface area is 114 Å². The number of nitrogens with zero attached hydrogens (tertiary/aromatic N) is 2. The van der Waals surface area contributed by atoms with E-state index < -0.39 is 0 Å². The fourth-order valence-electron chi connectivity index (χ4n) is 2.35. The van der Waals surface area contributed by atoms with Crippen molar-refractivity contribution in [1.29, 1.82) is 0 Å². The smallest absolute Gasteiger partial charge is 0.124 e. The zero-order valence-corrected chi connectivity index (χ0v) is 11.8. The summed E-state index contributed by atoms with van der Waals surface area (Å²) in [4.78, 5) is 0. The predicted octanol–water partition coefficient (Wildman–Crippen LogP) is 2.61. The van der Waals surface area contributed by atoms with E-state index >= 15 is 0 Å². The van der Waals surface area contributed by atoms with Gasteiger partial charge in [-0.05, 0) is 25.6 Å². The zero-order chi connectivity index (χ0) is 13.7. The van der Waals surface area contributed by atoms with E-state index in [1.165, 1.54) is 0 Å². The van der Waals surface area contributed by atoms with Crippen LogP contribution in [0.4, 0.5) is 0 Å². The van der Waals surface area contributed by atoms with Crippen LogP contribution in [0.5, 0.6) is 5.75 Å². The van der Waals surface area contributed by atoms with Gasteiger partial charge in [-0.1, -0.05) is 25.1 Å². The number of methoxy groups -OCH3 is 1. The molecule has 0 fully saturated rings. The summed E-state index contributed by atoms with van der Waals surface area (Å²) in [5.74, 6) is 0.895. The van der Waals surface area contributed by atoms with Gasteiger partial charge in [0.05, 0.1) is 18.8 Å². The standard InChI is InChI=1S/C15H21N3O/c1-4-11-18-13(9-10-17-18)15(16-2)12-7-5-6-8-14(12)19-3/h5-10,15-16H,4,11H2,1-3H3. The molecule has 1 N–H and O–H groups in total. The van der Waals surface area contributed by atoms with Crippen LogP contribution >= 0.6 is 0 Å². The number of aromatic nitrogens is 2. The number of nitrogens with one attached hydrogen (secondary N) is 1. The number of benzene rings is 1. The van der Waals surface area contributed by atoms with Crippen LogP contribution in [0.3, 0.4) is 0 Å². The molecule has 2 aromatic rings. The molecule has 1 unspecified atom stereocenters. The average Bonchev–Trinajstić information content (AvgIpc) is 2.89. The third-order valence-electron chi connectivity index (χ3n) is 3.22. The highest BCUT2D eigenvalue weighted by atomic mass is 16.5. The van der Waals surface area contributed by atoms with Crippen molar-refractivity contribution in [2.45, 2.75) is 25.9 Å². The Kier molecular flexibility index (Phi) is 4.58. The lowest BCUT2D eigenvalue weighted by Crippen LogP contribution is -2.22. The van der Waals surface area contributed by atoms with Gasteiger partial charge in [0.25, 0.3) is 0 Å². The second-order valence-corrected chi connectivity index (χ2v) is 4.44. The number of hydrogen-bond donors (Lipinski definition) is 1. The summed E-state index contributed by atoms with van der Waals surface area (Å²) in [6.07, 6.45) is 2.92. The van der Waals surface area contributed by atoms with Crippen molar-refractivity contribution in [3.05, 3.63) is 47.8 Å². The Morgan fingerprint density at radius 2 is 2.11 bits per heavy atom. The Hall–Kier alpha value is -1.81. The highest BCUT2D eigenvalue weighted by Crippen LogP contribution is 2.29. The number of ether oxygens (including phenoxy) is 1. The molecule has 1 heterocycles.